The molecule has 3 aromatic rings. The first-order valence-electron chi connectivity index (χ1n) is 10.3. The van der Waals surface area contributed by atoms with Gasteiger partial charge in [0.15, 0.2) is 0 Å². The Morgan fingerprint density at radius 1 is 1.06 bits per heavy atom. The molecule has 6 heteroatoms. The molecule has 1 atom stereocenters. The molecule has 31 heavy (non-hydrogen) atoms. The molecular formula is C25H27N3O3. The minimum atomic E-state index is -0.254. The number of nitrogens with one attached hydrogen (secondary N) is 1. The number of ether oxygens (including phenoxy) is 1. The zero-order valence-corrected chi connectivity index (χ0v) is 18.0. The Balaban J connectivity index is 1.98. The molecule has 6 nitrogen and oxygen atoms in total. The summed E-state index contributed by atoms with van der Waals surface area (Å²) in [5.41, 5.74) is 3.05. The van der Waals surface area contributed by atoms with Crippen LogP contribution >= 0.6 is 0 Å². The van der Waals surface area contributed by atoms with Gasteiger partial charge in [0.05, 0.1) is 12.6 Å². The van der Waals surface area contributed by atoms with E-state index in [1.54, 1.807) is 23.2 Å². The molecule has 1 N–H and O–H groups in total. The van der Waals surface area contributed by atoms with Gasteiger partial charge in [-0.05, 0) is 49.2 Å². The molecule has 1 aromatic heterocycles. The number of hydrogen-bond acceptors (Lipinski definition) is 4. The molecule has 0 aliphatic heterocycles. The molecule has 0 unspecified atom stereocenters. The number of amides is 2. The number of rotatable bonds is 8. The van der Waals surface area contributed by atoms with Crippen molar-refractivity contribution in [3.63, 3.8) is 0 Å². The van der Waals surface area contributed by atoms with Crippen molar-refractivity contribution in [1.29, 1.82) is 0 Å². The topological polar surface area (TPSA) is 71.5 Å². The van der Waals surface area contributed by atoms with Crippen molar-refractivity contribution >= 4 is 17.5 Å². The maximum Gasteiger partial charge on any atom is 0.260 e. The summed E-state index contributed by atoms with van der Waals surface area (Å²) in [7, 11) is 0. The van der Waals surface area contributed by atoms with Gasteiger partial charge in [-0.25, -0.2) is 4.98 Å². The molecule has 1 heterocycles. The maximum absolute atomic E-state index is 13.7. The highest BCUT2D eigenvalue weighted by Crippen LogP contribution is 2.28. The van der Waals surface area contributed by atoms with Crippen LogP contribution < -0.4 is 10.1 Å². The summed E-state index contributed by atoms with van der Waals surface area (Å²) in [6.07, 6.45) is 1.61. The number of carbonyl (C=O) groups excluding carboxylic acids is 2. The van der Waals surface area contributed by atoms with Gasteiger partial charge in [0.1, 0.15) is 5.56 Å². The number of hydrogen-bond donors (Lipinski definition) is 1. The van der Waals surface area contributed by atoms with Gasteiger partial charge in [-0.3, -0.25) is 9.59 Å². The van der Waals surface area contributed by atoms with Gasteiger partial charge in [-0.15, -0.1) is 0 Å². The highest BCUT2D eigenvalue weighted by atomic mass is 16.5. The Morgan fingerprint density at radius 2 is 1.84 bits per heavy atom. The number of pyridine rings is 1. The molecule has 0 aliphatic rings. The fourth-order valence-electron chi connectivity index (χ4n) is 3.38. The van der Waals surface area contributed by atoms with E-state index in [1.807, 2.05) is 68.4 Å². The summed E-state index contributed by atoms with van der Waals surface area (Å²) < 4.78 is 5.60. The molecule has 160 valence electrons. The Morgan fingerprint density at radius 3 is 2.55 bits per heavy atom. The van der Waals surface area contributed by atoms with E-state index >= 15 is 0 Å². The van der Waals surface area contributed by atoms with E-state index in [0.29, 0.717) is 30.3 Å². The minimum Gasteiger partial charge on any atom is -0.477 e. The second-order valence-corrected chi connectivity index (χ2v) is 7.19. The highest BCUT2D eigenvalue weighted by molar-refractivity contribution is 5.96. The van der Waals surface area contributed by atoms with Crippen LogP contribution in [0, 0.1) is 0 Å². The second kappa shape index (κ2) is 10.4. The molecule has 0 saturated heterocycles. The molecular weight excluding hydrogens is 390 g/mol. The van der Waals surface area contributed by atoms with E-state index in [2.05, 4.69) is 10.3 Å². The molecule has 0 spiro atoms. The van der Waals surface area contributed by atoms with Crippen LogP contribution in [0.2, 0.25) is 0 Å². The standard InChI is InChI=1S/C25H27N3O3/c1-4-31-24-23(14-9-15-26-24)25(30)28(17-20-10-6-5-7-11-20)18(2)21-12-8-13-22(16-21)27-19(3)29/h5-16,18H,4,17H2,1-3H3,(H,27,29)/t18-/m1/s1. The van der Waals surface area contributed by atoms with Crippen LogP contribution in [0.1, 0.15) is 48.3 Å². The lowest BCUT2D eigenvalue weighted by molar-refractivity contribution is -0.114. The Kier molecular flexibility index (Phi) is 7.38. The van der Waals surface area contributed by atoms with E-state index in [0.717, 1.165) is 11.1 Å². The molecule has 0 radical (unpaired) electrons. The molecule has 0 aliphatic carbocycles. The van der Waals surface area contributed by atoms with Crippen LogP contribution in [-0.2, 0) is 11.3 Å². The summed E-state index contributed by atoms with van der Waals surface area (Å²) in [5.74, 6) is 0.0174. The van der Waals surface area contributed by atoms with E-state index in [9.17, 15) is 9.59 Å². The van der Waals surface area contributed by atoms with Crippen molar-refractivity contribution in [2.24, 2.45) is 0 Å². The Labute approximate surface area is 182 Å². The summed E-state index contributed by atoms with van der Waals surface area (Å²) in [6.45, 7) is 6.15. The van der Waals surface area contributed by atoms with Gasteiger partial charge < -0.3 is 15.0 Å². The van der Waals surface area contributed by atoms with Crippen molar-refractivity contribution < 1.29 is 14.3 Å². The predicted molar refractivity (Wildman–Crippen MR) is 121 cm³/mol. The summed E-state index contributed by atoms with van der Waals surface area (Å²) in [6, 6.07) is 20.6. The number of nitrogens with zero attached hydrogens (tertiary/aromatic N) is 2. The first-order valence-corrected chi connectivity index (χ1v) is 10.3. The fraction of sp³-hybridized carbons (Fsp3) is 0.240. The largest absolute Gasteiger partial charge is 0.477 e. The monoisotopic (exact) mass is 417 g/mol. The maximum atomic E-state index is 13.7. The third-order valence-electron chi connectivity index (χ3n) is 4.90. The lowest BCUT2D eigenvalue weighted by Crippen LogP contribution is -2.33. The van der Waals surface area contributed by atoms with Gasteiger partial charge in [0.25, 0.3) is 5.91 Å². The summed E-state index contributed by atoms with van der Waals surface area (Å²) in [4.78, 5) is 31.2. The van der Waals surface area contributed by atoms with E-state index in [4.69, 9.17) is 4.74 Å². The average Bonchev–Trinajstić information content (AvgIpc) is 2.78. The number of carbonyl (C=O) groups is 2. The van der Waals surface area contributed by atoms with E-state index in [1.165, 1.54) is 6.92 Å². The second-order valence-electron chi connectivity index (χ2n) is 7.19. The number of benzene rings is 2. The van der Waals surface area contributed by atoms with E-state index in [-0.39, 0.29) is 17.9 Å². The van der Waals surface area contributed by atoms with E-state index < -0.39 is 0 Å². The highest BCUT2D eigenvalue weighted by Gasteiger charge is 2.26. The van der Waals surface area contributed by atoms with Crippen molar-refractivity contribution in [2.75, 3.05) is 11.9 Å². The quantitative estimate of drug-likeness (QED) is 0.569. The first kappa shape index (κ1) is 22.0. The smallest absolute Gasteiger partial charge is 0.260 e. The zero-order chi connectivity index (χ0) is 22.2. The third-order valence-corrected chi connectivity index (χ3v) is 4.90. The molecule has 3 rings (SSSR count). The van der Waals surface area contributed by atoms with Crippen LogP contribution in [0.15, 0.2) is 72.9 Å². The van der Waals surface area contributed by atoms with Crippen LogP contribution in [-0.4, -0.2) is 28.3 Å². The third kappa shape index (κ3) is 5.69. The molecule has 0 bridgehead atoms. The minimum absolute atomic E-state index is 0.140. The van der Waals surface area contributed by atoms with Gasteiger partial charge in [-0.1, -0.05) is 42.5 Å². The van der Waals surface area contributed by atoms with Crippen molar-refractivity contribution in [2.45, 2.75) is 33.4 Å². The predicted octanol–water partition coefficient (Wildman–Crippen LogP) is 4.84. The van der Waals surface area contributed by atoms with Crippen LogP contribution in [0.3, 0.4) is 0 Å². The molecule has 2 amide bonds. The van der Waals surface area contributed by atoms with Crippen molar-refractivity contribution in [3.8, 4) is 5.88 Å². The van der Waals surface area contributed by atoms with Gasteiger partial charge >= 0.3 is 0 Å². The Hall–Kier alpha value is -3.67. The number of anilines is 1. The normalized spacial score (nSPS) is 11.5. The lowest BCUT2D eigenvalue weighted by atomic mass is 10.0. The van der Waals surface area contributed by atoms with Crippen molar-refractivity contribution in [1.82, 2.24) is 9.88 Å². The van der Waals surface area contributed by atoms with Gasteiger partial charge in [0.2, 0.25) is 11.8 Å². The molecule has 0 saturated carbocycles. The summed E-state index contributed by atoms with van der Waals surface area (Å²) in [5, 5.41) is 2.80. The van der Waals surface area contributed by atoms with Gasteiger partial charge in [-0.2, -0.15) is 0 Å². The average molecular weight is 418 g/mol. The van der Waals surface area contributed by atoms with Crippen LogP contribution in [0.5, 0.6) is 5.88 Å². The zero-order valence-electron chi connectivity index (χ0n) is 18.0. The van der Waals surface area contributed by atoms with Crippen LogP contribution in [0.25, 0.3) is 0 Å². The molecule has 2 aromatic carbocycles. The van der Waals surface area contributed by atoms with Crippen LogP contribution in [0.4, 0.5) is 5.69 Å². The lowest BCUT2D eigenvalue weighted by Gasteiger charge is -2.30. The Bertz CT molecular complexity index is 1040. The number of aromatic nitrogens is 1. The fourth-order valence-corrected chi connectivity index (χ4v) is 3.38. The SMILES string of the molecule is CCOc1ncccc1C(=O)N(Cc1ccccc1)[C@H](C)c1cccc(NC(C)=O)c1. The molecule has 0 fully saturated rings. The summed E-state index contributed by atoms with van der Waals surface area (Å²) >= 11 is 0. The van der Waals surface area contributed by atoms with Gasteiger partial charge in [0, 0.05) is 25.4 Å². The first-order chi connectivity index (χ1) is 15.0. The van der Waals surface area contributed by atoms with Crippen molar-refractivity contribution in [3.05, 3.63) is 89.6 Å².